The Morgan fingerprint density at radius 3 is 2.32 bits per heavy atom. The molecule has 0 amide bonds. The number of unbranched alkanes of at least 4 members (excludes halogenated alkanes) is 6. The van der Waals surface area contributed by atoms with Crippen LogP contribution in [-0.4, -0.2) is 24.6 Å². The molecule has 1 saturated carbocycles. The van der Waals surface area contributed by atoms with Crippen LogP contribution in [0.25, 0.3) is 0 Å². The molecule has 0 heterocycles. The van der Waals surface area contributed by atoms with E-state index in [4.69, 9.17) is 4.74 Å². The van der Waals surface area contributed by atoms with Crippen molar-refractivity contribution in [3.8, 4) is 0 Å². The second kappa shape index (κ2) is 9.68. The van der Waals surface area contributed by atoms with Crippen LogP contribution in [0.4, 0.5) is 0 Å². The first-order chi connectivity index (χ1) is 9.22. The maximum atomic E-state index is 11.3. The van der Waals surface area contributed by atoms with Crippen molar-refractivity contribution in [3.05, 3.63) is 0 Å². The Labute approximate surface area is 123 Å². The van der Waals surface area contributed by atoms with Gasteiger partial charge in [0.15, 0.2) is 0 Å². The average molecular weight is 286 g/mol. The monoisotopic (exact) mass is 286 g/mol. The highest BCUT2D eigenvalue weighted by Crippen LogP contribution is 2.51. The minimum absolute atomic E-state index is 0.0333. The Kier molecular flexibility index (Phi) is 8.60. The summed E-state index contributed by atoms with van der Waals surface area (Å²) in [4.78, 5) is 11.3. The first kappa shape index (κ1) is 16.9. The van der Waals surface area contributed by atoms with E-state index in [1.807, 2.05) is 11.8 Å². The number of hydrogen-bond acceptors (Lipinski definition) is 3. The number of rotatable bonds is 12. The standard InChI is InChI=1S/C16H30O2S/c1-3-4-5-6-7-8-9-12-19-14-16(10-11-16)13-15(17)18-2/h3-14H2,1-2H3. The molecular weight excluding hydrogens is 256 g/mol. The van der Waals surface area contributed by atoms with E-state index in [0.717, 1.165) is 5.75 Å². The fraction of sp³-hybridized carbons (Fsp3) is 0.938. The van der Waals surface area contributed by atoms with Gasteiger partial charge in [0, 0.05) is 0 Å². The largest absolute Gasteiger partial charge is 0.469 e. The van der Waals surface area contributed by atoms with E-state index in [9.17, 15) is 4.79 Å². The highest BCUT2D eigenvalue weighted by Gasteiger charge is 2.44. The normalized spacial score (nSPS) is 16.3. The quantitative estimate of drug-likeness (QED) is 0.380. The second-order valence-electron chi connectivity index (χ2n) is 5.93. The molecule has 1 aliphatic carbocycles. The van der Waals surface area contributed by atoms with Gasteiger partial charge in [0.1, 0.15) is 0 Å². The molecule has 3 heteroatoms. The smallest absolute Gasteiger partial charge is 0.306 e. The molecule has 19 heavy (non-hydrogen) atoms. The van der Waals surface area contributed by atoms with Crippen molar-refractivity contribution >= 4 is 17.7 Å². The van der Waals surface area contributed by atoms with Crippen molar-refractivity contribution in [2.24, 2.45) is 5.41 Å². The van der Waals surface area contributed by atoms with E-state index in [1.54, 1.807) is 0 Å². The van der Waals surface area contributed by atoms with Crippen molar-refractivity contribution in [2.45, 2.75) is 71.1 Å². The van der Waals surface area contributed by atoms with Gasteiger partial charge in [0.05, 0.1) is 13.5 Å². The number of hydrogen-bond donors (Lipinski definition) is 0. The lowest BCUT2D eigenvalue weighted by atomic mass is 10.1. The highest BCUT2D eigenvalue weighted by molar-refractivity contribution is 7.99. The molecule has 0 aromatic rings. The molecule has 0 saturated heterocycles. The van der Waals surface area contributed by atoms with E-state index >= 15 is 0 Å². The Morgan fingerprint density at radius 1 is 1.11 bits per heavy atom. The first-order valence-corrected chi connectivity index (χ1v) is 9.02. The summed E-state index contributed by atoms with van der Waals surface area (Å²) in [6, 6.07) is 0. The number of thioether (sulfide) groups is 1. The maximum absolute atomic E-state index is 11.3. The molecule has 0 aromatic heterocycles. The molecule has 0 N–H and O–H groups in total. The first-order valence-electron chi connectivity index (χ1n) is 7.87. The Bertz CT molecular complexity index is 249. The number of carbonyl (C=O) groups excluding carboxylic acids is 1. The molecule has 0 spiro atoms. The van der Waals surface area contributed by atoms with Crippen LogP contribution >= 0.6 is 11.8 Å². The van der Waals surface area contributed by atoms with Crippen LogP contribution in [-0.2, 0) is 9.53 Å². The Hall–Kier alpha value is -0.180. The summed E-state index contributed by atoms with van der Waals surface area (Å²) in [5.74, 6) is 2.38. The third kappa shape index (κ3) is 7.86. The summed E-state index contributed by atoms with van der Waals surface area (Å²) in [6.45, 7) is 2.26. The molecule has 1 fully saturated rings. The number of ether oxygens (including phenoxy) is 1. The van der Waals surface area contributed by atoms with Gasteiger partial charge in [-0.1, -0.05) is 45.4 Å². The lowest BCUT2D eigenvalue weighted by Crippen LogP contribution is -2.13. The average Bonchev–Trinajstić information content (AvgIpc) is 3.16. The number of carbonyl (C=O) groups is 1. The molecule has 0 radical (unpaired) electrons. The number of methoxy groups -OCH3 is 1. The van der Waals surface area contributed by atoms with Gasteiger partial charge in [0.25, 0.3) is 0 Å². The molecule has 2 nitrogen and oxygen atoms in total. The zero-order valence-electron chi connectivity index (χ0n) is 12.7. The zero-order valence-corrected chi connectivity index (χ0v) is 13.5. The van der Waals surface area contributed by atoms with Gasteiger partial charge in [-0.3, -0.25) is 4.79 Å². The van der Waals surface area contributed by atoms with Crippen molar-refractivity contribution in [1.29, 1.82) is 0 Å². The van der Waals surface area contributed by atoms with Gasteiger partial charge in [-0.15, -0.1) is 0 Å². The minimum Gasteiger partial charge on any atom is -0.469 e. The van der Waals surface area contributed by atoms with Gasteiger partial charge in [-0.25, -0.2) is 0 Å². The topological polar surface area (TPSA) is 26.3 Å². The highest BCUT2D eigenvalue weighted by atomic mass is 32.2. The van der Waals surface area contributed by atoms with Gasteiger partial charge in [0.2, 0.25) is 0 Å². The SMILES string of the molecule is CCCCCCCCCSCC1(CC(=O)OC)CC1. The van der Waals surface area contributed by atoms with E-state index in [-0.39, 0.29) is 5.97 Å². The maximum Gasteiger partial charge on any atom is 0.306 e. The van der Waals surface area contributed by atoms with Crippen molar-refractivity contribution < 1.29 is 9.53 Å². The second-order valence-corrected chi connectivity index (χ2v) is 7.03. The molecule has 0 aromatic carbocycles. The number of esters is 1. The summed E-state index contributed by atoms with van der Waals surface area (Å²) in [5.41, 5.74) is 0.304. The van der Waals surface area contributed by atoms with Crippen LogP contribution in [0.2, 0.25) is 0 Å². The molecule has 1 rings (SSSR count). The van der Waals surface area contributed by atoms with Gasteiger partial charge in [-0.05, 0) is 36.2 Å². The summed E-state index contributed by atoms with van der Waals surface area (Å²) < 4.78 is 4.77. The molecule has 0 aliphatic heterocycles. The van der Waals surface area contributed by atoms with Crippen LogP contribution in [0.15, 0.2) is 0 Å². The minimum atomic E-state index is -0.0333. The van der Waals surface area contributed by atoms with Crippen molar-refractivity contribution in [2.75, 3.05) is 18.6 Å². The van der Waals surface area contributed by atoms with E-state index in [0.29, 0.717) is 11.8 Å². The third-order valence-corrected chi connectivity index (χ3v) is 5.40. The lowest BCUT2D eigenvalue weighted by molar-refractivity contribution is -0.141. The van der Waals surface area contributed by atoms with Gasteiger partial charge < -0.3 is 4.74 Å². The predicted octanol–water partition coefficient (Wildman–Crippen LogP) is 4.81. The lowest BCUT2D eigenvalue weighted by Gasteiger charge is -2.12. The summed E-state index contributed by atoms with van der Waals surface area (Å²) in [5, 5.41) is 0. The molecule has 112 valence electrons. The van der Waals surface area contributed by atoms with Crippen LogP contribution in [0.1, 0.15) is 71.1 Å². The third-order valence-electron chi connectivity index (χ3n) is 4.00. The van der Waals surface area contributed by atoms with E-state index in [1.165, 1.54) is 70.7 Å². The van der Waals surface area contributed by atoms with Crippen molar-refractivity contribution in [1.82, 2.24) is 0 Å². The fourth-order valence-electron chi connectivity index (χ4n) is 2.38. The molecule has 0 unspecified atom stereocenters. The molecule has 0 atom stereocenters. The molecule has 0 bridgehead atoms. The van der Waals surface area contributed by atoms with E-state index in [2.05, 4.69) is 6.92 Å². The zero-order chi connectivity index (χ0) is 14.0. The summed E-state index contributed by atoms with van der Waals surface area (Å²) in [7, 11) is 1.49. The van der Waals surface area contributed by atoms with Crippen LogP contribution in [0, 0.1) is 5.41 Å². The van der Waals surface area contributed by atoms with Crippen LogP contribution in [0.5, 0.6) is 0 Å². The molecular formula is C16H30O2S. The van der Waals surface area contributed by atoms with Gasteiger partial charge in [-0.2, -0.15) is 11.8 Å². The van der Waals surface area contributed by atoms with E-state index < -0.39 is 0 Å². The summed E-state index contributed by atoms with van der Waals surface area (Å²) in [6.07, 6.45) is 12.7. The predicted molar refractivity (Wildman–Crippen MR) is 83.6 cm³/mol. The van der Waals surface area contributed by atoms with Crippen molar-refractivity contribution in [3.63, 3.8) is 0 Å². The van der Waals surface area contributed by atoms with Crippen LogP contribution < -0.4 is 0 Å². The fourth-order valence-corrected chi connectivity index (χ4v) is 3.75. The van der Waals surface area contributed by atoms with Gasteiger partial charge >= 0.3 is 5.97 Å². The van der Waals surface area contributed by atoms with Crippen LogP contribution in [0.3, 0.4) is 0 Å². The Balaban J connectivity index is 1.89. The Morgan fingerprint density at radius 2 is 1.74 bits per heavy atom. The summed E-state index contributed by atoms with van der Waals surface area (Å²) >= 11 is 2.04. The molecule has 1 aliphatic rings.